The molecule has 0 aliphatic carbocycles. The molecule has 0 spiro atoms. The topological polar surface area (TPSA) is 79.1 Å². The lowest BCUT2D eigenvalue weighted by molar-refractivity contribution is 0.160. The molecule has 7 heteroatoms. The van der Waals surface area contributed by atoms with Crippen molar-refractivity contribution < 1.29 is 5.11 Å². The van der Waals surface area contributed by atoms with Gasteiger partial charge in [-0.15, -0.1) is 0 Å². The first kappa shape index (κ1) is 22.3. The van der Waals surface area contributed by atoms with Gasteiger partial charge in [-0.05, 0) is 65.2 Å². The van der Waals surface area contributed by atoms with E-state index >= 15 is 0 Å². The number of benzene rings is 1. The van der Waals surface area contributed by atoms with Gasteiger partial charge in [-0.2, -0.15) is 5.10 Å². The molecular formula is C25H34N6O. The maximum absolute atomic E-state index is 10.7. The average Bonchev–Trinajstić information content (AvgIpc) is 3.04. The van der Waals surface area contributed by atoms with Gasteiger partial charge in [0.25, 0.3) is 0 Å². The Morgan fingerprint density at radius 2 is 1.72 bits per heavy atom. The molecule has 0 amide bonds. The fraction of sp³-hybridized carbons (Fsp3) is 0.480. The zero-order valence-electron chi connectivity index (χ0n) is 20.1. The average molecular weight is 435 g/mol. The van der Waals surface area contributed by atoms with Gasteiger partial charge in [-0.1, -0.05) is 6.07 Å². The van der Waals surface area contributed by atoms with Crippen molar-refractivity contribution in [3.05, 3.63) is 42.5 Å². The Balaban J connectivity index is 1.55. The molecular weight excluding hydrogens is 400 g/mol. The standard InChI is InChI=1S/C25H34N6O/c1-16-20(13-28-31(16)7)17-8-9-19(22(32)10-17)21-14-27-23(15-26-21)30(6)18-11-24(2,3)29-25(4,5)12-18/h8-10,13-15,18,29,32H,11-12H2,1-7H3. The molecule has 1 aromatic carbocycles. The number of aromatic nitrogens is 4. The van der Waals surface area contributed by atoms with Crippen molar-refractivity contribution in [1.82, 2.24) is 25.1 Å². The van der Waals surface area contributed by atoms with Crippen LogP contribution in [0.15, 0.2) is 36.8 Å². The third-order valence-electron chi connectivity index (χ3n) is 6.54. The predicted octanol–water partition coefficient (Wildman–Crippen LogP) is 4.30. The number of piperidine rings is 1. The molecule has 1 fully saturated rings. The Kier molecular flexibility index (Phi) is 5.49. The zero-order chi connectivity index (χ0) is 23.3. The zero-order valence-corrected chi connectivity index (χ0v) is 20.1. The van der Waals surface area contributed by atoms with Crippen LogP contribution in [-0.4, -0.2) is 49.0 Å². The number of rotatable bonds is 4. The van der Waals surface area contributed by atoms with E-state index in [1.807, 2.05) is 37.0 Å². The summed E-state index contributed by atoms with van der Waals surface area (Å²) in [5.74, 6) is 1.03. The van der Waals surface area contributed by atoms with Gasteiger partial charge in [0.1, 0.15) is 11.6 Å². The van der Waals surface area contributed by atoms with Crippen molar-refractivity contribution in [2.24, 2.45) is 7.05 Å². The second-order valence-corrected chi connectivity index (χ2v) is 10.3. The summed E-state index contributed by atoms with van der Waals surface area (Å²) in [5.41, 5.74) is 4.43. The summed E-state index contributed by atoms with van der Waals surface area (Å²) < 4.78 is 1.83. The highest BCUT2D eigenvalue weighted by molar-refractivity contribution is 5.74. The predicted molar refractivity (Wildman–Crippen MR) is 129 cm³/mol. The lowest BCUT2D eigenvalue weighted by Gasteiger charge is -2.49. The number of aryl methyl sites for hydroxylation is 1. The highest BCUT2D eigenvalue weighted by atomic mass is 16.3. The van der Waals surface area contributed by atoms with E-state index in [-0.39, 0.29) is 16.8 Å². The van der Waals surface area contributed by atoms with Crippen LogP contribution in [0.3, 0.4) is 0 Å². The van der Waals surface area contributed by atoms with E-state index in [0.717, 1.165) is 35.5 Å². The summed E-state index contributed by atoms with van der Waals surface area (Å²) in [6.07, 6.45) is 7.43. The number of anilines is 1. The summed E-state index contributed by atoms with van der Waals surface area (Å²) >= 11 is 0. The molecule has 1 aliphatic rings. The van der Waals surface area contributed by atoms with E-state index in [1.165, 1.54) is 0 Å². The second-order valence-electron chi connectivity index (χ2n) is 10.3. The Morgan fingerprint density at radius 3 is 2.25 bits per heavy atom. The fourth-order valence-corrected chi connectivity index (χ4v) is 5.07. The first-order chi connectivity index (χ1) is 15.0. The lowest BCUT2D eigenvalue weighted by Crippen LogP contribution is -2.62. The number of nitrogens with one attached hydrogen (secondary N) is 1. The third kappa shape index (κ3) is 4.35. The number of phenols is 1. The molecule has 1 saturated heterocycles. The first-order valence-electron chi connectivity index (χ1n) is 11.1. The molecule has 0 radical (unpaired) electrons. The van der Waals surface area contributed by atoms with Crippen molar-refractivity contribution in [2.75, 3.05) is 11.9 Å². The SMILES string of the molecule is Cc1c(-c2ccc(-c3cnc(N(C)C4CC(C)(C)NC(C)(C)C4)cn3)c(O)c2)cnn1C. The monoisotopic (exact) mass is 434 g/mol. The molecule has 7 nitrogen and oxygen atoms in total. The Hall–Kier alpha value is -2.93. The maximum atomic E-state index is 10.7. The molecule has 0 saturated carbocycles. The molecule has 1 aliphatic heterocycles. The maximum Gasteiger partial charge on any atom is 0.147 e. The number of hydrogen-bond donors (Lipinski definition) is 2. The van der Waals surface area contributed by atoms with E-state index in [0.29, 0.717) is 17.3 Å². The number of phenolic OH excluding ortho intramolecular Hbond substituents is 1. The number of aromatic hydroxyl groups is 1. The normalized spacial score (nSPS) is 18.0. The van der Waals surface area contributed by atoms with Crippen LogP contribution in [-0.2, 0) is 7.05 Å². The Labute approximate surface area is 190 Å². The van der Waals surface area contributed by atoms with E-state index in [1.54, 1.807) is 18.5 Å². The summed E-state index contributed by atoms with van der Waals surface area (Å²) in [7, 11) is 4.00. The van der Waals surface area contributed by atoms with Gasteiger partial charge >= 0.3 is 0 Å². The molecule has 170 valence electrons. The minimum Gasteiger partial charge on any atom is -0.507 e. The smallest absolute Gasteiger partial charge is 0.147 e. The molecule has 3 aromatic rings. The van der Waals surface area contributed by atoms with Crippen LogP contribution >= 0.6 is 0 Å². The van der Waals surface area contributed by atoms with Crippen molar-refractivity contribution in [3.63, 3.8) is 0 Å². The third-order valence-corrected chi connectivity index (χ3v) is 6.54. The minimum atomic E-state index is 0.0637. The van der Waals surface area contributed by atoms with Gasteiger partial charge in [0.2, 0.25) is 0 Å². The minimum absolute atomic E-state index is 0.0637. The van der Waals surface area contributed by atoms with Gasteiger partial charge in [-0.3, -0.25) is 9.67 Å². The molecule has 32 heavy (non-hydrogen) atoms. The largest absolute Gasteiger partial charge is 0.507 e. The van der Waals surface area contributed by atoms with E-state index < -0.39 is 0 Å². The van der Waals surface area contributed by atoms with Gasteiger partial charge in [0, 0.05) is 48.0 Å². The molecule has 2 aromatic heterocycles. The Bertz CT molecular complexity index is 1100. The van der Waals surface area contributed by atoms with Gasteiger partial charge in [0.05, 0.1) is 24.3 Å². The van der Waals surface area contributed by atoms with E-state index in [9.17, 15) is 5.11 Å². The fourth-order valence-electron chi connectivity index (χ4n) is 5.07. The molecule has 0 bridgehead atoms. The summed E-state index contributed by atoms with van der Waals surface area (Å²) in [6.45, 7) is 11.0. The van der Waals surface area contributed by atoms with E-state index in [4.69, 9.17) is 0 Å². The highest BCUT2D eigenvalue weighted by Gasteiger charge is 2.39. The molecule has 3 heterocycles. The van der Waals surface area contributed by atoms with Gasteiger partial charge in [-0.25, -0.2) is 4.98 Å². The van der Waals surface area contributed by atoms with Crippen molar-refractivity contribution in [1.29, 1.82) is 0 Å². The second kappa shape index (κ2) is 7.89. The quantitative estimate of drug-likeness (QED) is 0.637. The van der Waals surface area contributed by atoms with E-state index in [2.05, 4.69) is 60.0 Å². The molecule has 0 unspecified atom stereocenters. The van der Waals surface area contributed by atoms with Crippen LogP contribution in [0.2, 0.25) is 0 Å². The highest BCUT2D eigenvalue weighted by Crippen LogP contribution is 2.35. The number of hydrogen-bond acceptors (Lipinski definition) is 6. The molecule has 0 atom stereocenters. The lowest BCUT2D eigenvalue weighted by atomic mass is 9.79. The van der Waals surface area contributed by atoms with Crippen LogP contribution in [0, 0.1) is 6.92 Å². The van der Waals surface area contributed by atoms with Crippen LogP contribution in [0.25, 0.3) is 22.4 Å². The first-order valence-corrected chi connectivity index (χ1v) is 11.1. The van der Waals surface area contributed by atoms with Crippen molar-refractivity contribution in [2.45, 2.75) is 64.6 Å². The van der Waals surface area contributed by atoms with Crippen molar-refractivity contribution in [3.8, 4) is 28.1 Å². The Morgan fingerprint density at radius 1 is 1.03 bits per heavy atom. The summed E-state index contributed by atoms with van der Waals surface area (Å²) in [5, 5.41) is 18.7. The van der Waals surface area contributed by atoms with Crippen LogP contribution in [0.5, 0.6) is 5.75 Å². The summed E-state index contributed by atoms with van der Waals surface area (Å²) in [6, 6.07) is 6.01. The van der Waals surface area contributed by atoms with Crippen LogP contribution in [0.4, 0.5) is 5.82 Å². The molecule has 4 rings (SSSR count). The van der Waals surface area contributed by atoms with Crippen molar-refractivity contribution >= 4 is 5.82 Å². The van der Waals surface area contributed by atoms with Gasteiger partial charge in [0.15, 0.2) is 0 Å². The number of nitrogens with zero attached hydrogens (tertiary/aromatic N) is 5. The van der Waals surface area contributed by atoms with Crippen LogP contribution < -0.4 is 10.2 Å². The molecule has 2 N–H and O–H groups in total. The van der Waals surface area contributed by atoms with Gasteiger partial charge < -0.3 is 15.3 Å². The summed E-state index contributed by atoms with van der Waals surface area (Å²) in [4.78, 5) is 11.5. The van der Waals surface area contributed by atoms with Crippen LogP contribution in [0.1, 0.15) is 46.2 Å².